The largest absolute Gasteiger partial charge is 0.394 e. The third-order valence-electron chi connectivity index (χ3n) is 20.7. The van der Waals surface area contributed by atoms with Crippen LogP contribution >= 0.6 is 0 Å². The molecular weight excluding hydrogens is 1560 g/mol. The van der Waals surface area contributed by atoms with Gasteiger partial charge in [0.25, 0.3) is 0 Å². The SMILES string of the molecule is CC(=O)N[C@@H]1[C@@H](O)[C@H](O[C@@H]2O[C@H](CO)[C@@H](O[C@@H]3O[C@H](CO[C@H]4O[C@H](CO)[C@@H](O)[C@H](O)[C@@H]4O[C@@H]4O[C@H](CO)[C@@H](O)[C@H](O)[C@H]4NC(C)=O)[C@@H](O)[C@H](O[C@H]4O[C@H](CO[C@@H]5O[C@H](CO)[C@@H](O)[C@H](O)[C@H]5NC(C)=O)[C@@H](O)[C@H](O)[C@@H]4O[C@@H]4O[C@H](CO)[C@@H](O)[C@H](O)[C@H]4NC(C)=O)[C@@H]3O)[C@H](O)[C@H]2NC(C)=O)[C@@H](CO[C@@H]2O[C@@H](C)[C@@H](O)[C@@H](O)[C@@H]2O)O[C@H]1O. The number of aliphatic hydroxyl groups is 23. The van der Waals surface area contributed by atoms with E-state index < -0.39 is 358 Å². The number of hydrogen-bond donors (Lipinski definition) is 28. The molecule has 5 amide bonds. The summed E-state index contributed by atoms with van der Waals surface area (Å²) >= 11 is 0. The van der Waals surface area contributed by atoms with E-state index in [1.54, 1.807) is 0 Å². The normalized spacial score (nSPS) is 48.2. The highest BCUT2D eigenvalue weighted by atomic mass is 16.8. The number of amides is 5. The Morgan fingerprint density at radius 3 is 1.02 bits per heavy atom. The van der Waals surface area contributed by atoms with Crippen molar-refractivity contribution >= 4 is 29.5 Å². The highest BCUT2D eigenvalue weighted by Gasteiger charge is 2.60. The number of carbonyl (C=O) groups is 5. The van der Waals surface area contributed by atoms with E-state index in [-0.39, 0.29) is 0 Å². The van der Waals surface area contributed by atoms with Gasteiger partial charge >= 0.3 is 0 Å². The minimum atomic E-state index is -2.62. The van der Waals surface area contributed by atoms with Crippen molar-refractivity contribution in [2.75, 3.05) is 52.9 Å². The van der Waals surface area contributed by atoms with Gasteiger partial charge in [-0.25, -0.2) is 0 Å². The topological polar surface area (TPSA) is 768 Å². The van der Waals surface area contributed by atoms with Crippen molar-refractivity contribution in [1.82, 2.24) is 26.6 Å². The third kappa shape index (κ3) is 21.2. The molecule has 9 saturated heterocycles. The molecule has 28 N–H and O–H groups in total. The average Bonchev–Trinajstić information content (AvgIpc) is 0.759. The first kappa shape index (κ1) is 93.6. The maximum atomic E-state index is 13.2. The summed E-state index contributed by atoms with van der Waals surface area (Å²) in [5.41, 5.74) is 0. The fourth-order valence-corrected chi connectivity index (χ4v) is 14.6. The number of rotatable bonds is 29. The van der Waals surface area contributed by atoms with Crippen molar-refractivity contribution in [2.45, 2.75) is 318 Å². The van der Waals surface area contributed by atoms with Gasteiger partial charge < -0.3 is 225 Å². The van der Waals surface area contributed by atoms with Crippen molar-refractivity contribution < 1.29 is 222 Å². The summed E-state index contributed by atoms with van der Waals surface area (Å²) in [6, 6.07) is -9.02. The fourth-order valence-electron chi connectivity index (χ4n) is 14.6. The van der Waals surface area contributed by atoms with E-state index in [1.807, 2.05) is 0 Å². The molecule has 0 unspecified atom stereocenters. The second-order valence-electron chi connectivity index (χ2n) is 29.0. The zero-order chi connectivity index (χ0) is 84.1. The Bertz CT molecular complexity index is 3080. The maximum absolute atomic E-state index is 13.2. The van der Waals surface area contributed by atoms with Crippen LogP contribution in [0.4, 0.5) is 0 Å². The second kappa shape index (κ2) is 40.9. The van der Waals surface area contributed by atoms with E-state index in [4.69, 9.17) is 80.5 Å². The van der Waals surface area contributed by atoms with Gasteiger partial charge in [-0.1, -0.05) is 0 Å². The molecule has 50 heteroatoms. The predicted molar refractivity (Wildman–Crippen MR) is 354 cm³/mol. The van der Waals surface area contributed by atoms with E-state index >= 15 is 0 Å². The third-order valence-corrected chi connectivity index (χ3v) is 20.7. The van der Waals surface area contributed by atoms with Gasteiger partial charge in [0.15, 0.2) is 56.6 Å². The van der Waals surface area contributed by atoms with Crippen LogP contribution in [0.5, 0.6) is 0 Å². The van der Waals surface area contributed by atoms with Crippen LogP contribution in [0.25, 0.3) is 0 Å². The Hall–Kier alpha value is -4.25. The molecule has 45 atom stereocenters. The van der Waals surface area contributed by atoms with Crippen LogP contribution in [-0.2, 0) is 104 Å². The van der Waals surface area contributed by atoms with Crippen LogP contribution in [0.1, 0.15) is 41.5 Å². The first-order valence-corrected chi connectivity index (χ1v) is 36.5. The summed E-state index contributed by atoms with van der Waals surface area (Å²) in [5.74, 6) is -4.39. The van der Waals surface area contributed by atoms with E-state index in [0.29, 0.717) is 0 Å². The van der Waals surface area contributed by atoms with Gasteiger partial charge in [-0.15, -0.1) is 0 Å². The summed E-state index contributed by atoms with van der Waals surface area (Å²) < 4.78 is 102. The van der Waals surface area contributed by atoms with Crippen molar-refractivity contribution in [1.29, 1.82) is 0 Å². The van der Waals surface area contributed by atoms with Gasteiger partial charge in [-0.2, -0.15) is 0 Å². The molecule has 9 fully saturated rings. The Morgan fingerprint density at radius 1 is 0.246 bits per heavy atom. The summed E-state index contributed by atoms with van der Waals surface area (Å²) in [4.78, 5) is 63.3. The van der Waals surface area contributed by atoms with Crippen LogP contribution < -0.4 is 26.6 Å². The van der Waals surface area contributed by atoms with Crippen molar-refractivity contribution in [3.63, 3.8) is 0 Å². The molecule has 0 aromatic heterocycles. The molecule has 0 bridgehead atoms. The van der Waals surface area contributed by atoms with Gasteiger partial charge in [0.1, 0.15) is 213 Å². The van der Waals surface area contributed by atoms with E-state index in [2.05, 4.69) is 26.6 Å². The van der Waals surface area contributed by atoms with Crippen molar-refractivity contribution in [2.24, 2.45) is 0 Å². The van der Waals surface area contributed by atoms with Gasteiger partial charge in [0.05, 0.1) is 59.0 Å². The lowest BCUT2D eigenvalue weighted by atomic mass is 9.93. The summed E-state index contributed by atoms with van der Waals surface area (Å²) in [6.07, 6.45) is -81.8. The Morgan fingerprint density at radius 2 is 0.553 bits per heavy atom. The minimum absolute atomic E-state index is 0.816. The second-order valence-corrected chi connectivity index (χ2v) is 29.0. The molecule has 9 aliphatic heterocycles. The standard InChI is InChI=1S/C64H107N5O45/c1-15-34(80)46(92)49(95)61(101-15)99-14-28-52(44(90)29(56(97)102-28)65-16(2)75)110-60-33(69-20(6)79)45(91)51(25(11-74)107-60)111-62-50(96)53(40(86)27(108-62)13-100-63-54(47(93)38(84)24(10-73)106-63)113-58-31(67-18(4)77)42(88)36(82)22(8-71)104-58)112-64-55(114-59-32(68-19(5)78)43(89)37(83)23(9-72)105-59)48(94)39(85)26(109-64)12-98-57-30(66-17(3)76)41(87)35(81)21(7-70)103-57/h15,21-64,70-74,80-97H,7-14H2,1-6H3,(H,65,75)(H,66,76)(H,67,77)(H,68,78)(H,69,79)/t15-,21+,22+,23+,24+,25+,26+,27+,28+,29+,30+,31+,32+,33+,34+,35+,36+,37+,38+,39+,40+,41+,42+,43+,44+,45+,46+,47-,48-,49-,50-,51+,52+,53-,54-,55-,56+,57+,58-,59-,60-,61+,62-,63-,64+/m0/s1. The van der Waals surface area contributed by atoms with E-state index in [0.717, 1.165) is 34.6 Å². The number of hydrogen-bond acceptors (Lipinski definition) is 45. The molecular formula is C64H107N5O45. The Labute approximate surface area is 646 Å². The van der Waals surface area contributed by atoms with Crippen LogP contribution in [0.15, 0.2) is 0 Å². The summed E-state index contributed by atoms with van der Waals surface area (Å²) in [6.45, 7) is -2.22. The number of nitrogens with one attached hydrogen (secondary N) is 5. The highest BCUT2D eigenvalue weighted by molar-refractivity contribution is 5.75. The van der Waals surface area contributed by atoms with Crippen molar-refractivity contribution in [3.05, 3.63) is 0 Å². The van der Waals surface area contributed by atoms with E-state index in [9.17, 15) is 141 Å². The highest BCUT2D eigenvalue weighted by Crippen LogP contribution is 2.39. The van der Waals surface area contributed by atoms with Gasteiger partial charge in [-0.05, 0) is 6.92 Å². The van der Waals surface area contributed by atoms with Gasteiger partial charge in [-0.3, -0.25) is 24.0 Å². The Kier molecular flexibility index (Phi) is 33.6. The smallest absolute Gasteiger partial charge is 0.217 e. The number of carbonyl (C=O) groups excluding carboxylic acids is 5. The Balaban J connectivity index is 1.09. The lowest BCUT2D eigenvalue weighted by molar-refractivity contribution is -0.397. The molecule has 0 saturated carbocycles. The monoisotopic (exact) mass is 1670 g/mol. The average molecular weight is 1670 g/mol. The number of ether oxygens (including phenoxy) is 17. The molecule has 0 radical (unpaired) electrons. The zero-order valence-corrected chi connectivity index (χ0v) is 61.9. The summed E-state index contributed by atoms with van der Waals surface area (Å²) in [7, 11) is 0. The molecule has 658 valence electrons. The molecule has 114 heavy (non-hydrogen) atoms. The fraction of sp³-hybridized carbons (Fsp3) is 0.922. The first-order chi connectivity index (χ1) is 53.8. The lowest BCUT2D eigenvalue weighted by Crippen LogP contribution is -2.71. The minimum Gasteiger partial charge on any atom is -0.394 e. The molecule has 9 rings (SSSR count). The predicted octanol–water partition coefficient (Wildman–Crippen LogP) is -18.9. The van der Waals surface area contributed by atoms with Crippen LogP contribution in [0, 0.1) is 0 Å². The molecule has 0 aliphatic carbocycles. The van der Waals surface area contributed by atoms with Crippen LogP contribution in [0.2, 0.25) is 0 Å². The molecule has 9 aliphatic rings. The van der Waals surface area contributed by atoms with Crippen molar-refractivity contribution in [3.8, 4) is 0 Å². The lowest BCUT2D eigenvalue weighted by Gasteiger charge is -2.51. The molecule has 0 spiro atoms. The molecule has 9 heterocycles. The van der Waals surface area contributed by atoms with Crippen LogP contribution in [-0.4, -0.2) is 476 Å². The zero-order valence-electron chi connectivity index (χ0n) is 61.9. The van der Waals surface area contributed by atoms with Gasteiger partial charge in [0.2, 0.25) is 29.5 Å². The van der Waals surface area contributed by atoms with Crippen LogP contribution in [0.3, 0.4) is 0 Å². The van der Waals surface area contributed by atoms with Gasteiger partial charge in [0, 0.05) is 34.6 Å². The maximum Gasteiger partial charge on any atom is 0.217 e. The number of aliphatic hydroxyl groups excluding tert-OH is 23. The molecule has 50 nitrogen and oxygen atoms in total. The quantitative estimate of drug-likeness (QED) is 0.0331. The summed E-state index contributed by atoms with van der Waals surface area (Å²) in [5, 5.41) is 270. The first-order valence-electron chi connectivity index (χ1n) is 36.5. The molecule has 0 aromatic rings. The van der Waals surface area contributed by atoms with E-state index in [1.165, 1.54) is 6.92 Å². The molecule has 0 aromatic carbocycles.